The van der Waals surface area contributed by atoms with E-state index in [2.05, 4.69) is 5.32 Å². The van der Waals surface area contributed by atoms with Gasteiger partial charge in [-0.2, -0.15) is 0 Å². The lowest BCUT2D eigenvalue weighted by atomic mass is 9.82. The van der Waals surface area contributed by atoms with Crippen LogP contribution in [0.15, 0.2) is 18.2 Å². The molecular formula is C15H18ClNO3. The van der Waals surface area contributed by atoms with E-state index in [9.17, 15) is 14.7 Å². The lowest BCUT2D eigenvalue weighted by Gasteiger charge is -2.23. The zero-order chi connectivity index (χ0) is 14.8. The number of nitrogens with one attached hydrogen (secondary N) is 1. The topological polar surface area (TPSA) is 66.4 Å². The molecule has 1 aliphatic carbocycles. The number of aliphatic carboxylic acids is 1. The second-order valence-corrected chi connectivity index (χ2v) is 5.91. The van der Waals surface area contributed by atoms with Crippen LogP contribution in [0.2, 0.25) is 5.02 Å². The number of aryl methyl sites for hydroxylation is 1. The third-order valence-electron chi connectivity index (χ3n) is 3.91. The molecule has 0 heterocycles. The largest absolute Gasteiger partial charge is 0.481 e. The average Bonchev–Trinajstić information content (AvgIpc) is 2.82. The van der Waals surface area contributed by atoms with E-state index in [1.165, 1.54) is 0 Å². The molecule has 0 aliphatic heterocycles. The minimum atomic E-state index is -0.902. The number of carbonyl (C=O) groups is 2. The molecule has 0 bridgehead atoms. The number of carboxylic acid groups (broad SMARTS) is 1. The van der Waals surface area contributed by atoms with Gasteiger partial charge in [0.25, 0.3) is 0 Å². The van der Waals surface area contributed by atoms with Crippen LogP contribution in [-0.4, -0.2) is 17.0 Å². The molecule has 0 spiro atoms. The van der Waals surface area contributed by atoms with Crippen molar-refractivity contribution in [2.45, 2.75) is 39.0 Å². The van der Waals surface area contributed by atoms with Crippen LogP contribution in [0.4, 0.5) is 5.69 Å². The zero-order valence-electron chi connectivity index (χ0n) is 11.4. The molecule has 108 valence electrons. The number of hydrogen-bond donors (Lipinski definition) is 2. The van der Waals surface area contributed by atoms with Crippen molar-refractivity contribution in [3.63, 3.8) is 0 Å². The first-order chi connectivity index (χ1) is 9.43. The Labute approximate surface area is 123 Å². The van der Waals surface area contributed by atoms with Gasteiger partial charge in [-0.25, -0.2) is 0 Å². The SMILES string of the molecule is Cc1ccc(NC(=O)CC2(C(=O)O)CCCC2)c(Cl)c1. The van der Waals surface area contributed by atoms with Gasteiger partial charge in [0.1, 0.15) is 0 Å². The molecule has 20 heavy (non-hydrogen) atoms. The highest BCUT2D eigenvalue weighted by atomic mass is 35.5. The standard InChI is InChI=1S/C15H18ClNO3/c1-10-4-5-12(11(16)8-10)17-13(18)9-15(14(19)20)6-2-3-7-15/h4-5,8H,2-3,6-7,9H2,1H3,(H,17,18)(H,19,20). The van der Waals surface area contributed by atoms with Crippen LogP contribution in [0.1, 0.15) is 37.7 Å². The van der Waals surface area contributed by atoms with Gasteiger partial charge in [0.05, 0.1) is 16.1 Å². The van der Waals surface area contributed by atoms with Gasteiger partial charge in [0, 0.05) is 6.42 Å². The highest BCUT2D eigenvalue weighted by Crippen LogP contribution is 2.41. The van der Waals surface area contributed by atoms with Crippen LogP contribution < -0.4 is 5.32 Å². The number of carboxylic acids is 1. The maximum atomic E-state index is 12.1. The van der Waals surface area contributed by atoms with Gasteiger partial charge in [0.2, 0.25) is 5.91 Å². The fraction of sp³-hybridized carbons (Fsp3) is 0.467. The Kier molecular flexibility index (Phi) is 4.33. The summed E-state index contributed by atoms with van der Waals surface area (Å²) in [5.74, 6) is -1.17. The normalized spacial score (nSPS) is 16.9. The number of amides is 1. The van der Waals surface area contributed by atoms with E-state index in [0.717, 1.165) is 18.4 Å². The van der Waals surface area contributed by atoms with Crippen molar-refractivity contribution in [3.05, 3.63) is 28.8 Å². The van der Waals surface area contributed by atoms with Crippen LogP contribution >= 0.6 is 11.6 Å². The van der Waals surface area contributed by atoms with Gasteiger partial charge < -0.3 is 10.4 Å². The number of halogens is 1. The van der Waals surface area contributed by atoms with Crippen molar-refractivity contribution in [1.82, 2.24) is 0 Å². The summed E-state index contributed by atoms with van der Waals surface area (Å²) in [6, 6.07) is 5.35. The molecule has 0 saturated heterocycles. The summed E-state index contributed by atoms with van der Waals surface area (Å²) < 4.78 is 0. The van der Waals surface area contributed by atoms with Crippen molar-refractivity contribution in [2.75, 3.05) is 5.32 Å². The van der Waals surface area contributed by atoms with Crippen molar-refractivity contribution in [1.29, 1.82) is 0 Å². The molecule has 0 atom stereocenters. The van der Waals surface area contributed by atoms with E-state index in [1.807, 2.05) is 13.0 Å². The quantitative estimate of drug-likeness (QED) is 0.891. The average molecular weight is 296 g/mol. The van der Waals surface area contributed by atoms with E-state index in [0.29, 0.717) is 23.6 Å². The molecule has 0 radical (unpaired) electrons. The highest BCUT2D eigenvalue weighted by molar-refractivity contribution is 6.33. The van der Waals surface area contributed by atoms with Gasteiger partial charge in [-0.1, -0.05) is 30.5 Å². The van der Waals surface area contributed by atoms with Crippen molar-refractivity contribution in [3.8, 4) is 0 Å². The number of hydrogen-bond acceptors (Lipinski definition) is 2. The minimum Gasteiger partial charge on any atom is -0.481 e. The van der Waals surface area contributed by atoms with Crippen molar-refractivity contribution < 1.29 is 14.7 Å². The number of carbonyl (C=O) groups excluding carboxylic acids is 1. The number of rotatable bonds is 4. The zero-order valence-corrected chi connectivity index (χ0v) is 12.2. The highest BCUT2D eigenvalue weighted by Gasteiger charge is 2.42. The van der Waals surface area contributed by atoms with Gasteiger partial charge in [-0.05, 0) is 37.5 Å². The van der Waals surface area contributed by atoms with E-state index in [4.69, 9.17) is 11.6 Å². The third kappa shape index (κ3) is 3.12. The van der Waals surface area contributed by atoms with Gasteiger partial charge in [-0.3, -0.25) is 9.59 Å². The fourth-order valence-electron chi connectivity index (χ4n) is 2.74. The molecule has 4 nitrogen and oxygen atoms in total. The lowest BCUT2D eigenvalue weighted by molar-refractivity contribution is -0.150. The Morgan fingerprint density at radius 1 is 1.35 bits per heavy atom. The Bertz CT molecular complexity index is 536. The van der Waals surface area contributed by atoms with Crippen LogP contribution in [0.5, 0.6) is 0 Å². The minimum absolute atomic E-state index is 0.00649. The van der Waals surface area contributed by atoms with Gasteiger partial charge >= 0.3 is 5.97 Å². The predicted molar refractivity (Wildman–Crippen MR) is 78.0 cm³/mol. The summed E-state index contributed by atoms with van der Waals surface area (Å²) in [5.41, 5.74) is 0.632. The molecule has 1 aromatic rings. The first-order valence-corrected chi connectivity index (χ1v) is 7.10. The fourth-order valence-corrected chi connectivity index (χ4v) is 3.02. The maximum absolute atomic E-state index is 12.1. The van der Waals surface area contributed by atoms with Crippen molar-refractivity contribution >= 4 is 29.2 Å². The Morgan fingerprint density at radius 3 is 2.55 bits per heavy atom. The molecule has 0 unspecified atom stereocenters. The molecule has 1 aliphatic rings. The molecular weight excluding hydrogens is 278 g/mol. The van der Waals surface area contributed by atoms with E-state index < -0.39 is 11.4 Å². The first-order valence-electron chi connectivity index (χ1n) is 6.72. The number of anilines is 1. The molecule has 2 rings (SSSR count). The second-order valence-electron chi connectivity index (χ2n) is 5.50. The van der Waals surface area contributed by atoms with Crippen LogP contribution in [-0.2, 0) is 9.59 Å². The lowest BCUT2D eigenvalue weighted by Crippen LogP contribution is -2.32. The molecule has 1 amide bonds. The molecule has 0 aromatic heterocycles. The summed E-state index contributed by atoms with van der Waals surface area (Å²) in [5, 5.41) is 12.5. The van der Waals surface area contributed by atoms with Crippen LogP contribution in [0.3, 0.4) is 0 Å². The van der Waals surface area contributed by atoms with E-state index in [1.54, 1.807) is 12.1 Å². The number of benzene rings is 1. The smallest absolute Gasteiger partial charge is 0.310 e. The summed E-state index contributed by atoms with van der Waals surface area (Å²) >= 11 is 6.06. The van der Waals surface area contributed by atoms with Crippen LogP contribution in [0, 0.1) is 12.3 Å². The summed E-state index contributed by atoms with van der Waals surface area (Å²) in [6.45, 7) is 1.91. The molecule has 1 saturated carbocycles. The predicted octanol–water partition coefficient (Wildman–Crippen LogP) is 3.62. The molecule has 2 N–H and O–H groups in total. The molecule has 1 aromatic carbocycles. The summed E-state index contributed by atoms with van der Waals surface area (Å²) in [4.78, 5) is 23.5. The van der Waals surface area contributed by atoms with E-state index in [-0.39, 0.29) is 12.3 Å². The molecule has 5 heteroatoms. The van der Waals surface area contributed by atoms with Gasteiger partial charge in [0.15, 0.2) is 0 Å². The Hall–Kier alpha value is -1.55. The van der Waals surface area contributed by atoms with Gasteiger partial charge in [-0.15, -0.1) is 0 Å². The first kappa shape index (κ1) is 14.9. The summed E-state index contributed by atoms with van der Waals surface area (Å²) in [6.07, 6.45) is 2.87. The van der Waals surface area contributed by atoms with Crippen molar-refractivity contribution in [2.24, 2.45) is 5.41 Å². The Morgan fingerprint density at radius 2 is 2.00 bits per heavy atom. The second kappa shape index (κ2) is 5.83. The third-order valence-corrected chi connectivity index (χ3v) is 4.22. The maximum Gasteiger partial charge on any atom is 0.310 e. The Balaban J connectivity index is 2.07. The monoisotopic (exact) mass is 295 g/mol. The summed E-state index contributed by atoms with van der Waals surface area (Å²) in [7, 11) is 0. The molecule has 1 fully saturated rings. The van der Waals surface area contributed by atoms with E-state index >= 15 is 0 Å². The van der Waals surface area contributed by atoms with Crippen LogP contribution in [0.25, 0.3) is 0 Å².